The Morgan fingerprint density at radius 1 is 1.13 bits per heavy atom. The topological polar surface area (TPSA) is 163 Å². The van der Waals surface area contributed by atoms with Gasteiger partial charge in [-0.3, -0.25) is 14.4 Å². The molecule has 0 amide bonds. The Kier molecular flexibility index (Phi) is 7.11. The fourth-order valence-electron chi connectivity index (χ4n) is 5.92. The van der Waals surface area contributed by atoms with Gasteiger partial charge >= 0.3 is 0 Å². The first-order chi connectivity index (χ1) is 18.5. The maximum atomic E-state index is 13.4. The van der Waals surface area contributed by atoms with Crippen molar-refractivity contribution in [3.63, 3.8) is 0 Å². The Labute approximate surface area is 225 Å². The zero-order chi connectivity index (χ0) is 28.2. The molecule has 208 valence electrons. The van der Waals surface area contributed by atoms with Crippen LogP contribution in [0.5, 0.6) is 11.5 Å². The number of benzene rings is 2. The van der Waals surface area contributed by atoms with E-state index in [9.17, 15) is 34.8 Å². The summed E-state index contributed by atoms with van der Waals surface area (Å²) in [5.41, 5.74) is -2.49. The summed E-state index contributed by atoms with van der Waals surface area (Å²) in [6.07, 6.45) is -3.04. The van der Waals surface area contributed by atoms with Crippen LogP contribution in [0.2, 0.25) is 0 Å². The molecule has 5 N–H and O–H groups in total. The molecule has 1 saturated heterocycles. The van der Waals surface area contributed by atoms with Crippen LogP contribution in [0.1, 0.15) is 89.1 Å². The van der Waals surface area contributed by atoms with E-state index in [1.54, 1.807) is 19.1 Å². The van der Waals surface area contributed by atoms with E-state index in [-0.39, 0.29) is 58.7 Å². The first-order valence-electron chi connectivity index (χ1n) is 13.2. The maximum absolute atomic E-state index is 13.4. The predicted octanol–water partition coefficient (Wildman–Crippen LogP) is 2.06. The quantitative estimate of drug-likeness (QED) is 0.293. The van der Waals surface area contributed by atoms with Gasteiger partial charge in [0.2, 0.25) is 0 Å². The average molecular weight is 540 g/mol. The lowest BCUT2D eigenvalue weighted by atomic mass is 9.72. The number of aliphatic hydroxyl groups excluding tert-OH is 1. The summed E-state index contributed by atoms with van der Waals surface area (Å²) in [4.78, 5) is 39.4. The highest BCUT2D eigenvalue weighted by molar-refractivity contribution is 6.30. The minimum absolute atomic E-state index is 0.0261. The number of ether oxygens (including phenoxy) is 2. The number of hydrogen-bond donors (Lipinski definition) is 5. The highest BCUT2D eigenvalue weighted by Crippen LogP contribution is 2.52. The molecule has 10 heteroatoms. The second-order valence-corrected chi connectivity index (χ2v) is 10.7. The van der Waals surface area contributed by atoms with E-state index in [2.05, 4.69) is 5.32 Å². The van der Waals surface area contributed by atoms with Crippen LogP contribution < -0.4 is 5.32 Å². The lowest BCUT2D eigenvalue weighted by molar-refractivity contribution is -0.249. The summed E-state index contributed by atoms with van der Waals surface area (Å²) in [5.74, 6) is -2.97. The van der Waals surface area contributed by atoms with Crippen LogP contribution >= 0.6 is 0 Å². The Morgan fingerprint density at radius 3 is 2.33 bits per heavy atom. The monoisotopic (exact) mass is 539 g/mol. The van der Waals surface area contributed by atoms with Crippen molar-refractivity contribution in [3.8, 4) is 11.5 Å². The molecule has 2 aliphatic carbocycles. The van der Waals surface area contributed by atoms with Crippen molar-refractivity contribution in [1.29, 1.82) is 0 Å². The summed E-state index contributed by atoms with van der Waals surface area (Å²) in [6.45, 7) is 5.57. The molecule has 0 saturated carbocycles. The van der Waals surface area contributed by atoms with E-state index < -0.39 is 59.1 Å². The van der Waals surface area contributed by atoms with Gasteiger partial charge in [0.05, 0.1) is 29.4 Å². The van der Waals surface area contributed by atoms with Gasteiger partial charge in [0.1, 0.15) is 17.1 Å². The molecule has 1 heterocycles. The van der Waals surface area contributed by atoms with E-state index >= 15 is 0 Å². The molecular formula is C29H33NO9. The Morgan fingerprint density at radius 2 is 1.74 bits per heavy atom. The summed E-state index contributed by atoms with van der Waals surface area (Å²) in [7, 11) is 0. The molecule has 10 nitrogen and oxygen atoms in total. The molecule has 0 spiro atoms. The maximum Gasteiger partial charge on any atom is 0.198 e. The van der Waals surface area contributed by atoms with Crippen LogP contribution in [0, 0.1) is 0 Å². The molecule has 5 rings (SSSR count). The van der Waals surface area contributed by atoms with Gasteiger partial charge in [-0.25, -0.2) is 0 Å². The number of fused-ring (bicyclic) bond motifs is 3. The number of Topliss-reactive ketones (excluding diaryl/α,β-unsaturated/α-hetero) is 1. The van der Waals surface area contributed by atoms with Crippen molar-refractivity contribution in [2.24, 2.45) is 0 Å². The Balaban J connectivity index is 1.61. The van der Waals surface area contributed by atoms with E-state index in [0.29, 0.717) is 6.54 Å². The van der Waals surface area contributed by atoms with Crippen molar-refractivity contribution < 1.29 is 44.3 Å². The van der Waals surface area contributed by atoms with Gasteiger partial charge in [0.25, 0.3) is 0 Å². The third-order valence-corrected chi connectivity index (χ3v) is 8.11. The second-order valence-electron chi connectivity index (χ2n) is 10.7. The summed E-state index contributed by atoms with van der Waals surface area (Å²) in [6, 6.07) is 5.78. The molecule has 0 unspecified atom stereocenters. The third kappa shape index (κ3) is 4.46. The number of phenolic OH excluding ortho intramolecular Hbond substituents is 2. The Bertz CT molecular complexity index is 1350. The SMILES string of the molecule is CCCN[C@H]1C[C@H](O[C@H]2C[C@](O)(C(C)=O)Cc3c(O)c4c(c(O)c32)C(=O)c2ccccc2C4=O)O[C@@H](C)[C@H]1O. The number of nitrogens with one attached hydrogen (secondary N) is 1. The first-order valence-corrected chi connectivity index (χ1v) is 13.2. The number of aliphatic hydroxyl groups is 2. The van der Waals surface area contributed by atoms with E-state index in [4.69, 9.17) is 9.47 Å². The van der Waals surface area contributed by atoms with Crippen molar-refractivity contribution in [3.05, 3.63) is 57.6 Å². The number of ketones is 3. The fourth-order valence-corrected chi connectivity index (χ4v) is 5.92. The largest absolute Gasteiger partial charge is 0.507 e. The van der Waals surface area contributed by atoms with Gasteiger partial charge in [-0.2, -0.15) is 0 Å². The molecule has 6 atom stereocenters. The normalized spacial score (nSPS) is 29.9. The lowest BCUT2D eigenvalue weighted by Crippen LogP contribution is -2.54. The van der Waals surface area contributed by atoms with Crippen LogP contribution in [0.3, 0.4) is 0 Å². The van der Waals surface area contributed by atoms with E-state index in [0.717, 1.165) is 6.42 Å². The molecule has 1 aliphatic heterocycles. The Hall–Kier alpha value is -3.15. The number of rotatable bonds is 6. The van der Waals surface area contributed by atoms with Crippen LogP contribution in [0.15, 0.2) is 24.3 Å². The molecule has 0 bridgehead atoms. The predicted molar refractivity (Wildman–Crippen MR) is 138 cm³/mol. The molecular weight excluding hydrogens is 506 g/mol. The average Bonchev–Trinajstić information content (AvgIpc) is 2.90. The third-order valence-electron chi connectivity index (χ3n) is 8.11. The second kappa shape index (κ2) is 10.1. The number of aromatic hydroxyl groups is 2. The van der Waals surface area contributed by atoms with E-state index in [1.165, 1.54) is 19.1 Å². The van der Waals surface area contributed by atoms with Gasteiger partial charge < -0.3 is 35.2 Å². The highest BCUT2D eigenvalue weighted by atomic mass is 16.7. The minimum Gasteiger partial charge on any atom is -0.507 e. The molecule has 0 aromatic heterocycles. The smallest absolute Gasteiger partial charge is 0.198 e. The molecule has 1 fully saturated rings. The van der Waals surface area contributed by atoms with Gasteiger partial charge in [-0.1, -0.05) is 31.2 Å². The van der Waals surface area contributed by atoms with E-state index in [1.807, 2.05) is 6.92 Å². The van der Waals surface area contributed by atoms with Gasteiger partial charge in [0, 0.05) is 47.6 Å². The summed E-state index contributed by atoms with van der Waals surface area (Å²) in [5, 5.41) is 47.9. The first kappa shape index (κ1) is 27.4. The number of carbonyl (C=O) groups excluding carboxylic acids is 3. The van der Waals surface area contributed by atoms with Gasteiger partial charge in [0.15, 0.2) is 23.6 Å². The van der Waals surface area contributed by atoms with Crippen molar-refractivity contribution in [2.75, 3.05) is 6.54 Å². The zero-order valence-electron chi connectivity index (χ0n) is 22.1. The molecule has 3 aliphatic rings. The van der Waals surface area contributed by atoms with Crippen molar-refractivity contribution >= 4 is 17.3 Å². The lowest BCUT2D eigenvalue weighted by Gasteiger charge is -2.43. The van der Waals surface area contributed by atoms with Crippen molar-refractivity contribution in [1.82, 2.24) is 5.32 Å². The van der Waals surface area contributed by atoms with Crippen LogP contribution in [0.25, 0.3) is 0 Å². The highest BCUT2D eigenvalue weighted by Gasteiger charge is 2.49. The number of hydrogen-bond acceptors (Lipinski definition) is 10. The number of carbonyl (C=O) groups is 3. The molecule has 39 heavy (non-hydrogen) atoms. The van der Waals surface area contributed by atoms with Crippen LogP contribution in [-0.2, 0) is 20.7 Å². The van der Waals surface area contributed by atoms with Gasteiger partial charge in [-0.05, 0) is 26.8 Å². The van der Waals surface area contributed by atoms with Crippen LogP contribution in [0.4, 0.5) is 0 Å². The molecule has 2 aromatic rings. The van der Waals surface area contributed by atoms with Gasteiger partial charge in [-0.15, -0.1) is 0 Å². The standard InChI is InChI=1S/C29H33NO9/c1-4-9-30-18-10-20(38-13(2)24(18)32)39-19-12-29(37,14(3)31)11-17-21(19)28(36)23-22(27(17)35)25(33)15-7-5-6-8-16(15)26(23)34/h5-8,13,18-20,24,30,32,35-37H,4,9-12H2,1-3H3/t13-,18-,19-,20-,24+,29-/m0/s1. The minimum atomic E-state index is -1.96. The van der Waals surface area contributed by atoms with Crippen molar-refractivity contribution in [2.45, 2.75) is 82.7 Å². The summed E-state index contributed by atoms with van der Waals surface area (Å²) >= 11 is 0. The fraction of sp³-hybridized carbons (Fsp3) is 0.483. The molecule has 2 aromatic carbocycles. The summed E-state index contributed by atoms with van der Waals surface area (Å²) < 4.78 is 12.1. The van der Waals surface area contributed by atoms with Crippen LogP contribution in [-0.4, -0.2) is 74.5 Å². The molecule has 0 radical (unpaired) electrons. The number of phenols is 2. The zero-order valence-corrected chi connectivity index (χ0v) is 22.1.